The highest BCUT2D eigenvalue weighted by atomic mass is 16.1. The summed E-state index contributed by atoms with van der Waals surface area (Å²) in [7, 11) is 3.80. The fourth-order valence-corrected chi connectivity index (χ4v) is 3.04. The van der Waals surface area contributed by atoms with E-state index >= 15 is 0 Å². The Kier molecular flexibility index (Phi) is 5.60. The lowest BCUT2D eigenvalue weighted by atomic mass is 10.1. The van der Waals surface area contributed by atoms with Crippen LogP contribution in [0.25, 0.3) is 0 Å². The minimum Gasteiger partial charge on any atom is -0.314 e. The molecule has 5 nitrogen and oxygen atoms in total. The van der Waals surface area contributed by atoms with Gasteiger partial charge in [0.15, 0.2) is 0 Å². The van der Waals surface area contributed by atoms with Crippen LogP contribution < -0.4 is 15.5 Å². The van der Waals surface area contributed by atoms with Crippen molar-refractivity contribution in [3.63, 3.8) is 0 Å². The maximum Gasteiger partial charge on any atom is 0.274 e. The van der Waals surface area contributed by atoms with E-state index in [1.807, 2.05) is 36.1 Å². The Morgan fingerprint density at radius 1 is 0.815 bits per heavy atom. The molecule has 0 spiro atoms. The van der Waals surface area contributed by atoms with E-state index in [1.54, 1.807) is 10.9 Å². The zero-order valence-corrected chi connectivity index (χ0v) is 16.4. The van der Waals surface area contributed by atoms with Crippen LogP contribution in [0, 0.1) is 0 Å². The van der Waals surface area contributed by atoms with Gasteiger partial charge in [-0.2, -0.15) is 4.68 Å². The number of hydrogen-bond donors (Lipinski definition) is 0. The van der Waals surface area contributed by atoms with Gasteiger partial charge in [0.25, 0.3) is 5.56 Å². The molecule has 0 aliphatic carbocycles. The zero-order chi connectivity index (χ0) is 19.4. The summed E-state index contributed by atoms with van der Waals surface area (Å²) < 4.78 is 1.59. The smallest absolute Gasteiger partial charge is 0.274 e. The number of benzene rings is 2. The van der Waals surface area contributed by atoms with Crippen LogP contribution in [0.4, 0.5) is 17.3 Å². The van der Waals surface area contributed by atoms with E-state index in [1.165, 1.54) is 17.2 Å². The molecule has 0 amide bonds. The Bertz CT molecular complexity index is 945. The van der Waals surface area contributed by atoms with Crippen LogP contribution in [0.3, 0.4) is 0 Å². The van der Waals surface area contributed by atoms with Crippen molar-refractivity contribution < 1.29 is 0 Å². The summed E-state index contributed by atoms with van der Waals surface area (Å²) in [6.07, 6.45) is 3.53. The molecule has 0 atom stereocenters. The van der Waals surface area contributed by atoms with Gasteiger partial charge in [-0.25, -0.2) is 4.98 Å². The molecule has 3 rings (SSSR count). The highest BCUT2D eigenvalue weighted by Crippen LogP contribution is 2.23. The van der Waals surface area contributed by atoms with Crippen LogP contribution in [-0.2, 0) is 12.8 Å². The molecule has 0 aliphatic rings. The van der Waals surface area contributed by atoms with Crippen molar-refractivity contribution in [2.75, 3.05) is 24.0 Å². The van der Waals surface area contributed by atoms with Crippen LogP contribution in [-0.4, -0.2) is 23.8 Å². The van der Waals surface area contributed by atoms with E-state index in [0.717, 1.165) is 24.2 Å². The van der Waals surface area contributed by atoms with Gasteiger partial charge < -0.3 is 4.90 Å². The van der Waals surface area contributed by atoms with Gasteiger partial charge >= 0.3 is 0 Å². The molecule has 3 aromatic rings. The molecule has 1 heterocycles. The van der Waals surface area contributed by atoms with Gasteiger partial charge in [-0.3, -0.25) is 9.80 Å². The summed E-state index contributed by atoms with van der Waals surface area (Å²) in [5.74, 6) is 0.564. The van der Waals surface area contributed by atoms with Gasteiger partial charge in [0.05, 0.1) is 5.69 Å². The Labute approximate surface area is 160 Å². The molecule has 0 unspecified atom stereocenters. The molecule has 0 N–H and O–H groups in total. The zero-order valence-electron chi connectivity index (χ0n) is 16.4. The van der Waals surface area contributed by atoms with Crippen LogP contribution in [0.1, 0.15) is 25.0 Å². The molecule has 0 saturated heterocycles. The first-order valence-corrected chi connectivity index (χ1v) is 9.28. The third-order valence-corrected chi connectivity index (χ3v) is 4.86. The maximum absolute atomic E-state index is 12.7. The van der Waals surface area contributed by atoms with Crippen molar-refractivity contribution in [3.05, 3.63) is 82.3 Å². The normalized spacial score (nSPS) is 10.7. The standard InChI is InChI=1S/C22H26N4O/c1-5-17-7-11-19(12-8-17)24(3)22-23-16-15-21(27)26(22)25(4)20-13-9-18(6-2)10-14-20/h7-16H,5-6H2,1-4H3. The van der Waals surface area contributed by atoms with E-state index in [9.17, 15) is 4.79 Å². The van der Waals surface area contributed by atoms with Crippen molar-refractivity contribution in [3.8, 4) is 0 Å². The van der Waals surface area contributed by atoms with E-state index < -0.39 is 0 Å². The molecule has 0 radical (unpaired) electrons. The van der Waals surface area contributed by atoms with Crippen molar-refractivity contribution in [1.29, 1.82) is 0 Å². The lowest BCUT2D eigenvalue weighted by Gasteiger charge is -2.28. The van der Waals surface area contributed by atoms with Gasteiger partial charge in [0.1, 0.15) is 0 Å². The second-order valence-corrected chi connectivity index (χ2v) is 6.52. The predicted octanol–water partition coefficient (Wildman–Crippen LogP) is 4.04. The SMILES string of the molecule is CCc1ccc(N(C)c2nccc(=O)n2N(C)c2ccc(CC)cc2)cc1. The molecule has 0 bridgehead atoms. The molecular weight excluding hydrogens is 336 g/mol. The monoisotopic (exact) mass is 362 g/mol. The summed E-state index contributed by atoms with van der Waals surface area (Å²) in [4.78, 5) is 19.1. The van der Waals surface area contributed by atoms with Crippen molar-refractivity contribution in [1.82, 2.24) is 9.66 Å². The van der Waals surface area contributed by atoms with E-state index in [-0.39, 0.29) is 5.56 Å². The van der Waals surface area contributed by atoms with Gasteiger partial charge in [-0.1, -0.05) is 38.1 Å². The van der Waals surface area contributed by atoms with Gasteiger partial charge in [-0.15, -0.1) is 0 Å². The summed E-state index contributed by atoms with van der Waals surface area (Å²) in [6.45, 7) is 4.26. The first-order valence-electron chi connectivity index (χ1n) is 9.28. The third kappa shape index (κ3) is 3.87. The second-order valence-electron chi connectivity index (χ2n) is 6.52. The molecular formula is C22H26N4O. The van der Waals surface area contributed by atoms with Gasteiger partial charge in [-0.05, 0) is 48.2 Å². The topological polar surface area (TPSA) is 41.4 Å². The van der Waals surface area contributed by atoms with Crippen LogP contribution in [0.5, 0.6) is 0 Å². The molecule has 140 valence electrons. The lowest BCUT2D eigenvalue weighted by Crippen LogP contribution is -2.39. The van der Waals surface area contributed by atoms with Crippen molar-refractivity contribution in [2.24, 2.45) is 0 Å². The second kappa shape index (κ2) is 8.08. The van der Waals surface area contributed by atoms with Crippen LogP contribution in [0.2, 0.25) is 0 Å². The van der Waals surface area contributed by atoms with Crippen molar-refractivity contribution >= 4 is 17.3 Å². The average molecular weight is 362 g/mol. The number of rotatable bonds is 6. The first-order chi connectivity index (χ1) is 13.0. The van der Waals surface area contributed by atoms with Gasteiger partial charge in [0.2, 0.25) is 5.95 Å². The van der Waals surface area contributed by atoms with Crippen LogP contribution in [0.15, 0.2) is 65.6 Å². The van der Waals surface area contributed by atoms with Gasteiger partial charge in [0, 0.05) is 32.0 Å². The third-order valence-electron chi connectivity index (χ3n) is 4.86. The maximum atomic E-state index is 12.7. The average Bonchev–Trinajstić information content (AvgIpc) is 2.72. The van der Waals surface area contributed by atoms with E-state index in [0.29, 0.717) is 5.95 Å². The Hall–Kier alpha value is -3.08. The number of anilines is 3. The molecule has 0 fully saturated rings. The summed E-state index contributed by atoms with van der Waals surface area (Å²) in [5, 5.41) is 1.83. The highest BCUT2D eigenvalue weighted by molar-refractivity contribution is 5.58. The molecule has 2 aromatic carbocycles. The molecule has 27 heavy (non-hydrogen) atoms. The fraction of sp³-hybridized carbons (Fsp3) is 0.273. The first kappa shape index (κ1) is 18.7. The lowest BCUT2D eigenvalue weighted by molar-refractivity contribution is 0.712. The summed E-state index contributed by atoms with van der Waals surface area (Å²) in [6, 6.07) is 18.0. The Morgan fingerprint density at radius 3 is 1.85 bits per heavy atom. The molecule has 1 aromatic heterocycles. The highest BCUT2D eigenvalue weighted by Gasteiger charge is 2.16. The quantitative estimate of drug-likeness (QED) is 0.664. The minimum absolute atomic E-state index is 0.126. The fourth-order valence-electron chi connectivity index (χ4n) is 3.04. The van der Waals surface area contributed by atoms with E-state index in [2.05, 4.69) is 55.2 Å². The minimum atomic E-state index is -0.126. The van der Waals surface area contributed by atoms with E-state index in [4.69, 9.17) is 0 Å². The summed E-state index contributed by atoms with van der Waals surface area (Å²) >= 11 is 0. The largest absolute Gasteiger partial charge is 0.314 e. The number of aromatic nitrogens is 2. The molecule has 0 saturated carbocycles. The summed E-state index contributed by atoms with van der Waals surface area (Å²) in [5.41, 5.74) is 4.32. The molecule has 5 heteroatoms. The number of nitrogens with zero attached hydrogens (tertiary/aromatic N) is 4. The van der Waals surface area contributed by atoms with Crippen LogP contribution >= 0.6 is 0 Å². The Morgan fingerprint density at radius 2 is 1.33 bits per heavy atom. The predicted molar refractivity (Wildman–Crippen MR) is 112 cm³/mol. The molecule has 0 aliphatic heterocycles. The number of aryl methyl sites for hydroxylation is 2. The van der Waals surface area contributed by atoms with Crippen molar-refractivity contribution in [2.45, 2.75) is 26.7 Å². The number of hydrogen-bond acceptors (Lipinski definition) is 4. The Balaban J connectivity index is 2.01.